The van der Waals surface area contributed by atoms with Gasteiger partial charge in [0.25, 0.3) is 11.4 Å². The van der Waals surface area contributed by atoms with E-state index in [2.05, 4.69) is 14.5 Å². The Bertz CT molecular complexity index is 1670. The van der Waals surface area contributed by atoms with E-state index in [0.29, 0.717) is 12.1 Å². The molecule has 2 heterocycles. The fourth-order valence-electron chi connectivity index (χ4n) is 5.52. The maximum Gasteiger partial charge on any atom is 0.337 e. The second-order valence-corrected chi connectivity index (χ2v) is 10.6. The molecule has 0 atom stereocenters. The average Bonchev–Trinajstić information content (AvgIpc) is 3.64. The molecule has 4 aromatic carbocycles. The van der Waals surface area contributed by atoms with Gasteiger partial charge in [-0.3, -0.25) is 20.2 Å². The third-order valence-corrected chi connectivity index (χ3v) is 7.86. The molecule has 11 nitrogen and oxygen atoms in total. The van der Waals surface area contributed by atoms with Crippen molar-refractivity contribution < 1.29 is 24.5 Å². The van der Waals surface area contributed by atoms with E-state index in [1.165, 1.54) is 18.7 Å². The van der Waals surface area contributed by atoms with Crippen LogP contribution < -0.4 is 9.80 Å². The lowest BCUT2D eigenvalue weighted by atomic mass is 10.1. The number of carbonyl (C=O) groups is 1. The standard InChI is InChI=1S/C17H16N2O4.C16H16N2O3/c1-23-17(20)13-4-2-12(3-5-13)11-18-9-8-14-10-15(19(21)22)6-7-16(14)18;19-11-13-3-1-12(2-4-13)10-17-8-7-14-9-15(18(20)21)5-6-16(14)17/h2-7,10H,8-9,11H2,1H3;1-6,9,19H,7-8,10-11H2. The molecule has 0 radical (unpaired) electrons. The topological polar surface area (TPSA) is 139 Å². The molecule has 0 spiro atoms. The minimum Gasteiger partial charge on any atom is -0.465 e. The third kappa shape index (κ3) is 6.84. The SMILES string of the molecule is COC(=O)c1ccc(CN2CCc3cc([N+](=O)[O-])ccc32)cc1.O=[N+]([O-])c1ccc2c(c1)CCN2Cc1ccc(CO)cc1. The van der Waals surface area contributed by atoms with E-state index in [9.17, 15) is 25.0 Å². The second-order valence-electron chi connectivity index (χ2n) is 10.6. The van der Waals surface area contributed by atoms with Crippen LogP contribution in [0.3, 0.4) is 0 Å². The molecular formula is C33H32N4O7. The molecule has 1 N–H and O–H groups in total. The Hall–Kier alpha value is -5.29. The summed E-state index contributed by atoms with van der Waals surface area (Å²) in [7, 11) is 1.36. The van der Waals surface area contributed by atoms with Crippen molar-refractivity contribution in [3.63, 3.8) is 0 Å². The van der Waals surface area contributed by atoms with E-state index < -0.39 is 0 Å². The van der Waals surface area contributed by atoms with Gasteiger partial charge in [-0.25, -0.2) is 4.79 Å². The zero-order chi connectivity index (χ0) is 31.2. The largest absolute Gasteiger partial charge is 0.465 e. The van der Waals surface area contributed by atoms with E-state index in [1.54, 1.807) is 30.3 Å². The summed E-state index contributed by atoms with van der Waals surface area (Å²) in [6.45, 7) is 3.23. The average molecular weight is 597 g/mol. The monoisotopic (exact) mass is 596 g/mol. The number of hydrogen-bond donors (Lipinski definition) is 1. The number of esters is 1. The number of methoxy groups -OCH3 is 1. The molecule has 0 bridgehead atoms. The van der Waals surface area contributed by atoms with Gasteiger partial charge in [0.15, 0.2) is 0 Å². The molecule has 2 aliphatic rings. The molecule has 0 aliphatic carbocycles. The molecule has 226 valence electrons. The molecule has 0 aromatic heterocycles. The van der Waals surface area contributed by atoms with Gasteiger partial charge >= 0.3 is 5.97 Å². The van der Waals surface area contributed by atoms with Crippen LogP contribution in [0.4, 0.5) is 22.7 Å². The number of nitro groups is 2. The smallest absolute Gasteiger partial charge is 0.337 e. The Morgan fingerprint density at radius 2 is 1.16 bits per heavy atom. The van der Waals surface area contributed by atoms with Crippen molar-refractivity contribution in [1.82, 2.24) is 0 Å². The number of nitrogens with zero attached hydrogens (tertiary/aromatic N) is 4. The van der Waals surface area contributed by atoms with Gasteiger partial charge in [0.1, 0.15) is 0 Å². The molecule has 44 heavy (non-hydrogen) atoms. The highest BCUT2D eigenvalue weighted by Gasteiger charge is 2.23. The summed E-state index contributed by atoms with van der Waals surface area (Å²) in [5.74, 6) is -0.352. The van der Waals surface area contributed by atoms with E-state index in [0.717, 1.165) is 66.1 Å². The van der Waals surface area contributed by atoms with Crippen molar-refractivity contribution in [2.24, 2.45) is 0 Å². The van der Waals surface area contributed by atoms with E-state index in [-0.39, 0.29) is 33.8 Å². The van der Waals surface area contributed by atoms with Crippen molar-refractivity contribution in [2.45, 2.75) is 32.5 Å². The number of aliphatic hydroxyl groups excluding tert-OH is 1. The van der Waals surface area contributed by atoms with Gasteiger partial charge in [0.2, 0.25) is 0 Å². The number of ether oxygens (including phenoxy) is 1. The molecule has 11 heteroatoms. The second kappa shape index (κ2) is 13.3. The van der Waals surface area contributed by atoms with Gasteiger partial charge in [-0.15, -0.1) is 0 Å². The highest BCUT2D eigenvalue weighted by molar-refractivity contribution is 5.89. The molecule has 0 saturated carbocycles. The first-order valence-electron chi connectivity index (χ1n) is 14.2. The first kappa shape index (κ1) is 30.2. The van der Waals surface area contributed by atoms with Crippen LogP contribution >= 0.6 is 0 Å². The minimum atomic E-state index is -0.367. The third-order valence-electron chi connectivity index (χ3n) is 7.86. The predicted molar refractivity (Wildman–Crippen MR) is 166 cm³/mol. The molecule has 2 aliphatic heterocycles. The van der Waals surface area contributed by atoms with Crippen molar-refractivity contribution in [1.29, 1.82) is 0 Å². The van der Waals surface area contributed by atoms with Crippen LogP contribution in [0.2, 0.25) is 0 Å². The van der Waals surface area contributed by atoms with Gasteiger partial charge in [-0.2, -0.15) is 0 Å². The predicted octanol–water partition coefficient (Wildman–Crippen LogP) is 5.59. The summed E-state index contributed by atoms with van der Waals surface area (Å²) >= 11 is 0. The fourth-order valence-corrected chi connectivity index (χ4v) is 5.52. The van der Waals surface area contributed by atoms with Crippen LogP contribution in [-0.2, 0) is 37.3 Å². The summed E-state index contributed by atoms with van der Waals surface area (Å²) in [5.41, 5.74) is 8.10. The first-order valence-corrected chi connectivity index (χ1v) is 14.2. The summed E-state index contributed by atoms with van der Waals surface area (Å²) < 4.78 is 4.68. The van der Waals surface area contributed by atoms with Crippen LogP contribution in [-0.4, -0.2) is 41.1 Å². The number of fused-ring (bicyclic) bond motifs is 2. The summed E-state index contributed by atoms with van der Waals surface area (Å²) in [6.07, 6.45) is 1.64. The van der Waals surface area contributed by atoms with Crippen molar-refractivity contribution in [2.75, 3.05) is 30.0 Å². The first-order chi connectivity index (χ1) is 21.2. The lowest BCUT2D eigenvalue weighted by Crippen LogP contribution is -2.19. The molecule has 6 rings (SSSR count). The van der Waals surface area contributed by atoms with Gasteiger partial charge < -0.3 is 19.6 Å². The number of rotatable bonds is 8. The van der Waals surface area contributed by atoms with Gasteiger partial charge in [-0.1, -0.05) is 36.4 Å². The summed E-state index contributed by atoms with van der Waals surface area (Å²) in [5, 5.41) is 30.7. The van der Waals surface area contributed by atoms with Crippen LogP contribution in [0.1, 0.15) is 38.2 Å². The molecular weight excluding hydrogens is 564 g/mol. The fraction of sp³-hybridized carbons (Fsp3) is 0.242. The zero-order valence-electron chi connectivity index (χ0n) is 24.2. The molecule has 0 amide bonds. The number of anilines is 2. The maximum atomic E-state index is 11.4. The van der Waals surface area contributed by atoms with E-state index >= 15 is 0 Å². The van der Waals surface area contributed by atoms with Crippen LogP contribution in [0.15, 0.2) is 84.9 Å². The highest BCUT2D eigenvalue weighted by Crippen LogP contribution is 2.33. The molecule has 4 aromatic rings. The van der Waals surface area contributed by atoms with Gasteiger partial charge in [0, 0.05) is 61.8 Å². The maximum absolute atomic E-state index is 11.4. The normalized spacial score (nSPS) is 13.0. The molecule has 0 saturated heterocycles. The van der Waals surface area contributed by atoms with Crippen LogP contribution in [0.25, 0.3) is 0 Å². The van der Waals surface area contributed by atoms with E-state index in [1.807, 2.05) is 48.5 Å². The lowest BCUT2D eigenvalue weighted by Gasteiger charge is -2.19. The number of hydrogen-bond acceptors (Lipinski definition) is 9. The number of carbonyl (C=O) groups excluding carboxylic acids is 1. The Morgan fingerprint density at radius 3 is 1.57 bits per heavy atom. The number of nitro benzene ring substituents is 2. The number of non-ortho nitro benzene ring substituents is 2. The van der Waals surface area contributed by atoms with Crippen molar-refractivity contribution >= 4 is 28.7 Å². The van der Waals surface area contributed by atoms with Crippen LogP contribution in [0, 0.1) is 20.2 Å². The lowest BCUT2D eigenvalue weighted by molar-refractivity contribution is -0.385. The van der Waals surface area contributed by atoms with Gasteiger partial charge in [-0.05, 0) is 64.9 Å². The Labute approximate surface area is 254 Å². The highest BCUT2D eigenvalue weighted by atomic mass is 16.6. The van der Waals surface area contributed by atoms with Crippen LogP contribution in [0.5, 0.6) is 0 Å². The summed E-state index contributed by atoms with van der Waals surface area (Å²) in [6, 6.07) is 25.2. The quantitative estimate of drug-likeness (QED) is 0.157. The minimum absolute atomic E-state index is 0.0521. The van der Waals surface area contributed by atoms with Crippen molar-refractivity contribution in [3.05, 3.63) is 139 Å². The Morgan fingerprint density at radius 1 is 0.727 bits per heavy atom. The summed E-state index contributed by atoms with van der Waals surface area (Å²) in [4.78, 5) is 36.8. The zero-order valence-corrected chi connectivity index (χ0v) is 24.2. The number of benzene rings is 4. The van der Waals surface area contributed by atoms with Crippen molar-refractivity contribution in [3.8, 4) is 0 Å². The molecule has 0 unspecified atom stereocenters. The number of aliphatic hydroxyl groups is 1. The van der Waals surface area contributed by atoms with Gasteiger partial charge in [0.05, 0.1) is 29.1 Å². The Balaban J connectivity index is 0.000000175. The van der Waals surface area contributed by atoms with E-state index in [4.69, 9.17) is 5.11 Å². The Kier molecular flexibility index (Phi) is 9.15. The molecule has 0 fully saturated rings.